The molecule has 2 rings (SSSR count). The predicted octanol–water partition coefficient (Wildman–Crippen LogP) is 1.65. The lowest BCUT2D eigenvalue weighted by atomic mass is 10.1. The molecule has 1 aliphatic heterocycles. The van der Waals surface area contributed by atoms with E-state index in [4.69, 9.17) is 0 Å². The molecule has 1 aliphatic rings. The summed E-state index contributed by atoms with van der Waals surface area (Å²) < 4.78 is 38.3. The number of aromatic nitrogens is 1. The fourth-order valence-electron chi connectivity index (χ4n) is 1.75. The topological polar surface area (TPSA) is 74.7 Å². The van der Waals surface area contributed by atoms with E-state index in [1.54, 1.807) is 0 Å². The van der Waals surface area contributed by atoms with Gasteiger partial charge < -0.3 is 5.32 Å². The number of hydrogen-bond donors (Lipinski definition) is 1. The minimum Gasteiger partial charge on any atom is -0.305 e. The smallest absolute Gasteiger partial charge is 0.305 e. The standard InChI is InChI=1S/C12H11F3N4O2/c1-19-9(20)5-4-8(18-19)11(21)17-10-7(12(13,14)15)3-2-6-16-10/h2-3,6H,4-5H2,1H3,(H,16,17,21). The normalized spacial score (nSPS) is 15.7. The molecule has 0 atom stereocenters. The van der Waals surface area contributed by atoms with Crippen molar-refractivity contribution < 1.29 is 22.8 Å². The summed E-state index contributed by atoms with van der Waals surface area (Å²) in [4.78, 5) is 26.7. The van der Waals surface area contributed by atoms with Crippen LogP contribution in [0.2, 0.25) is 0 Å². The molecule has 1 aromatic heterocycles. The second-order valence-corrected chi connectivity index (χ2v) is 4.32. The molecule has 1 N–H and O–H groups in total. The average molecular weight is 300 g/mol. The molecule has 2 heterocycles. The Hall–Kier alpha value is -2.45. The van der Waals surface area contributed by atoms with E-state index in [0.29, 0.717) is 0 Å². The molecule has 0 unspecified atom stereocenters. The number of carbonyl (C=O) groups excluding carboxylic acids is 2. The summed E-state index contributed by atoms with van der Waals surface area (Å²) in [6.45, 7) is 0. The zero-order valence-electron chi connectivity index (χ0n) is 10.9. The van der Waals surface area contributed by atoms with Crippen LogP contribution in [0.1, 0.15) is 18.4 Å². The van der Waals surface area contributed by atoms with Gasteiger partial charge in [0.1, 0.15) is 11.5 Å². The zero-order chi connectivity index (χ0) is 15.6. The van der Waals surface area contributed by atoms with E-state index in [0.717, 1.165) is 23.3 Å². The van der Waals surface area contributed by atoms with Crippen molar-refractivity contribution in [2.45, 2.75) is 19.0 Å². The van der Waals surface area contributed by atoms with Crippen LogP contribution < -0.4 is 5.32 Å². The maximum Gasteiger partial charge on any atom is 0.419 e. The summed E-state index contributed by atoms with van der Waals surface area (Å²) >= 11 is 0. The maximum absolute atomic E-state index is 12.8. The highest BCUT2D eigenvalue weighted by Gasteiger charge is 2.35. The molecule has 0 fully saturated rings. The minimum atomic E-state index is -4.63. The lowest BCUT2D eigenvalue weighted by Crippen LogP contribution is -2.34. The molecule has 0 saturated carbocycles. The highest BCUT2D eigenvalue weighted by atomic mass is 19.4. The Bertz CT molecular complexity index is 613. The summed E-state index contributed by atoms with van der Waals surface area (Å²) in [7, 11) is 1.37. The first kappa shape index (κ1) is 14.9. The second kappa shape index (κ2) is 5.51. The predicted molar refractivity (Wildman–Crippen MR) is 67.3 cm³/mol. The monoisotopic (exact) mass is 300 g/mol. The maximum atomic E-state index is 12.8. The summed E-state index contributed by atoms with van der Waals surface area (Å²) in [6, 6.07) is 1.95. The Balaban J connectivity index is 2.22. The highest BCUT2D eigenvalue weighted by Crippen LogP contribution is 2.33. The number of alkyl halides is 3. The van der Waals surface area contributed by atoms with E-state index < -0.39 is 23.5 Å². The number of carbonyl (C=O) groups is 2. The lowest BCUT2D eigenvalue weighted by Gasteiger charge is -2.19. The average Bonchev–Trinajstić information content (AvgIpc) is 2.41. The summed E-state index contributed by atoms with van der Waals surface area (Å²) in [5.41, 5.74) is -1.06. The van der Waals surface area contributed by atoms with E-state index >= 15 is 0 Å². The van der Waals surface area contributed by atoms with E-state index in [9.17, 15) is 22.8 Å². The highest BCUT2D eigenvalue weighted by molar-refractivity contribution is 6.43. The van der Waals surface area contributed by atoms with E-state index in [1.165, 1.54) is 7.05 Å². The largest absolute Gasteiger partial charge is 0.419 e. The van der Waals surface area contributed by atoms with Crippen LogP contribution in [-0.4, -0.2) is 34.6 Å². The van der Waals surface area contributed by atoms with Crippen LogP contribution >= 0.6 is 0 Å². The third kappa shape index (κ3) is 3.36. The van der Waals surface area contributed by atoms with Crippen molar-refractivity contribution in [3.63, 3.8) is 0 Å². The number of anilines is 1. The molecule has 0 aromatic carbocycles. The van der Waals surface area contributed by atoms with Crippen LogP contribution in [-0.2, 0) is 15.8 Å². The Morgan fingerprint density at radius 1 is 1.38 bits per heavy atom. The molecule has 2 amide bonds. The molecular weight excluding hydrogens is 289 g/mol. The van der Waals surface area contributed by atoms with Crippen molar-refractivity contribution in [1.29, 1.82) is 0 Å². The number of nitrogens with one attached hydrogen (secondary N) is 1. The van der Waals surface area contributed by atoms with Gasteiger partial charge in [0.05, 0.1) is 5.56 Å². The third-order valence-electron chi connectivity index (χ3n) is 2.81. The lowest BCUT2D eigenvalue weighted by molar-refractivity contribution is -0.137. The van der Waals surface area contributed by atoms with Crippen molar-refractivity contribution in [2.24, 2.45) is 5.10 Å². The van der Waals surface area contributed by atoms with Gasteiger partial charge in [-0.05, 0) is 12.1 Å². The number of nitrogens with zero attached hydrogens (tertiary/aromatic N) is 3. The number of hydrogen-bond acceptors (Lipinski definition) is 4. The molecular formula is C12H11F3N4O2. The Morgan fingerprint density at radius 2 is 2.10 bits per heavy atom. The van der Waals surface area contributed by atoms with E-state index in [-0.39, 0.29) is 24.5 Å². The van der Waals surface area contributed by atoms with Gasteiger partial charge in [-0.1, -0.05) is 0 Å². The van der Waals surface area contributed by atoms with Gasteiger partial charge in [-0.15, -0.1) is 0 Å². The SMILES string of the molecule is CN1N=C(C(=O)Nc2ncccc2C(F)(F)F)CCC1=O. The molecule has 9 heteroatoms. The fourth-order valence-corrected chi connectivity index (χ4v) is 1.75. The first-order valence-corrected chi connectivity index (χ1v) is 5.96. The summed E-state index contributed by atoms with van der Waals surface area (Å²) in [5.74, 6) is -1.66. The van der Waals surface area contributed by atoms with Crippen molar-refractivity contribution in [1.82, 2.24) is 9.99 Å². The van der Waals surface area contributed by atoms with Gasteiger partial charge in [-0.2, -0.15) is 18.3 Å². The molecule has 6 nitrogen and oxygen atoms in total. The third-order valence-corrected chi connectivity index (χ3v) is 2.81. The Morgan fingerprint density at radius 3 is 2.71 bits per heavy atom. The van der Waals surface area contributed by atoms with Gasteiger partial charge in [-0.3, -0.25) is 9.59 Å². The Labute approximate surface area is 117 Å². The van der Waals surface area contributed by atoms with Crippen LogP contribution in [0.4, 0.5) is 19.0 Å². The molecule has 0 spiro atoms. The molecule has 21 heavy (non-hydrogen) atoms. The number of pyridine rings is 1. The van der Waals surface area contributed by atoms with Gasteiger partial charge in [0, 0.05) is 26.1 Å². The van der Waals surface area contributed by atoms with Gasteiger partial charge in [0.2, 0.25) is 5.91 Å². The second-order valence-electron chi connectivity index (χ2n) is 4.32. The van der Waals surface area contributed by atoms with Gasteiger partial charge in [0.25, 0.3) is 5.91 Å². The molecule has 0 radical (unpaired) electrons. The van der Waals surface area contributed by atoms with E-state index in [1.807, 2.05) is 0 Å². The van der Waals surface area contributed by atoms with Crippen LogP contribution in [0.5, 0.6) is 0 Å². The number of hydrazone groups is 1. The first-order chi connectivity index (χ1) is 9.79. The minimum absolute atomic E-state index is 0.0177. The van der Waals surface area contributed by atoms with Crippen LogP contribution in [0.25, 0.3) is 0 Å². The van der Waals surface area contributed by atoms with Crippen molar-refractivity contribution in [3.8, 4) is 0 Å². The van der Waals surface area contributed by atoms with Gasteiger partial charge in [0.15, 0.2) is 0 Å². The zero-order valence-corrected chi connectivity index (χ0v) is 10.9. The number of rotatable bonds is 2. The van der Waals surface area contributed by atoms with E-state index in [2.05, 4.69) is 15.4 Å². The van der Waals surface area contributed by atoms with Crippen molar-refractivity contribution >= 4 is 23.3 Å². The molecule has 0 aliphatic carbocycles. The van der Waals surface area contributed by atoms with Crippen LogP contribution in [0, 0.1) is 0 Å². The first-order valence-electron chi connectivity index (χ1n) is 5.96. The van der Waals surface area contributed by atoms with Gasteiger partial charge >= 0.3 is 6.18 Å². The fraction of sp³-hybridized carbons (Fsp3) is 0.333. The number of amides is 2. The molecule has 0 saturated heterocycles. The summed E-state index contributed by atoms with van der Waals surface area (Å²) in [5, 5.41) is 6.80. The molecule has 1 aromatic rings. The number of halogens is 3. The molecule has 0 bridgehead atoms. The van der Waals surface area contributed by atoms with Crippen molar-refractivity contribution in [3.05, 3.63) is 23.9 Å². The van der Waals surface area contributed by atoms with Gasteiger partial charge in [-0.25, -0.2) is 9.99 Å². The van der Waals surface area contributed by atoms with Crippen molar-refractivity contribution in [2.75, 3.05) is 12.4 Å². The summed E-state index contributed by atoms with van der Waals surface area (Å²) in [6.07, 6.45) is -3.33. The van der Waals surface area contributed by atoms with Crippen LogP contribution in [0.3, 0.4) is 0 Å². The molecule has 112 valence electrons. The quantitative estimate of drug-likeness (QED) is 0.902. The Kier molecular flexibility index (Phi) is 3.92. The van der Waals surface area contributed by atoms with Crippen LogP contribution in [0.15, 0.2) is 23.4 Å².